The predicted octanol–water partition coefficient (Wildman–Crippen LogP) is 2.43. The van der Waals surface area contributed by atoms with Crippen molar-refractivity contribution in [2.45, 2.75) is 44.6 Å². The molecule has 0 unspecified atom stereocenters. The van der Waals surface area contributed by atoms with E-state index in [0.29, 0.717) is 24.3 Å². The van der Waals surface area contributed by atoms with Crippen molar-refractivity contribution in [3.05, 3.63) is 24.3 Å². The Kier molecular flexibility index (Phi) is 5.85. The number of carbonyl (C=O) groups is 2. The van der Waals surface area contributed by atoms with Gasteiger partial charge in [-0.25, -0.2) is 0 Å². The van der Waals surface area contributed by atoms with Crippen LogP contribution in [0.15, 0.2) is 24.3 Å². The number of hydrogen-bond donors (Lipinski definition) is 1. The molecule has 0 spiro atoms. The molecule has 1 N–H and O–H groups in total. The minimum Gasteiger partial charge on any atom is -0.497 e. The summed E-state index contributed by atoms with van der Waals surface area (Å²) in [5.74, 6) is 1.01. The fourth-order valence-corrected chi connectivity index (χ4v) is 5.10. The van der Waals surface area contributed by atoms with E-state index in [0.717, 1.165) is 12.2 Å². The first-order chi connectivity index (χ1) is 13.7. The summed E-state index contributed by atoms with van der Waals surface area (Å²) in [4.78, 5) is 29.6. The molecular formula is C22H31N3O3. The standard InChI is InChI=1S/C22H31N3O3/c1-28-19-8-4-7-18(13-19)25-15-17(12-21(25)26)22(27)23-14-16-6-5-11-24-10-3-2-9-20(16)24/h4,7-8,13,16-17,20H,2-3,5-6,9-12,14-15H2,1H3,(H,23,27)/t16-,17-,20+/m1/s1. The van der Waals surface area contributed by atoms with E-state index >= 15 is 0 Å². The highest BCUT2D eigenvalue weighted by atomic mass is 16.5. The molecule has 2 amide bonds. The van der Waals surface area contributed by atoms with Crippen LogP contribution < -0.4 is 15.0 Å². The Morgan fingerprint density at radius 2 is 2.07 bits per heavy atom. The second kappa shape index (κ2) is 8.52. The number of amides is 2. The van der Waals surface area contributed by atoms with Crippen LogP contribution in [0, 0.1) is 11.8 Å². The molecule has 4 rings (SSSR count). The van der Waals surface area contributed by atoms with Crippen LogP contribution in [-0.4, -0.2) is 56.0 Å². The van der Waals surface area contributed by atoms with Gasteiger partial charge < -0.3 is 19.9 Å². The van der Waals surface area contributed by atoms with Crippen LogP contribution in [-0.2, 0) is 9.59 Å². The minimum absolute atomic E-state index is 0.00419. The number of nitrogens with zero attached hydrogens (tertiary/aromatic N) is 2. The van der Waals surface area contributed by atoms with E-state index in [1.807, 2.05) is 24.3 Å². The van der Waals surface area contributed by atoms with Crippen molar-refractivity contribution in [1.82, 2.24) is 10.2 Å². The van der Waals surface area contributed by atoms with E-state index < -0.39 is 0 Å². The molecule has 28 heavy (non-hydrogen) atoms. The largest absolute Gasteiger partial charge is 0.497 e. The molecule has 0 saturated carbocycles. The van der Waals surface area contributed by atoms with Crippen LogP contribution in [0.5, 0.6) is 5.75 Å². The fraction of sp³-hybridized carbons (Fsp3) is 0.636. The summed E-state index contributed by atoms with van der Waals surface area (Å²) in [6.45, 7) is 3.60. The smallest absolute Gasteiger partial charge is 0.227 e. The predicted molar refractivity (Wildman–Crippen MR) is 108 cm³/mol. The Morgan fingerprint density at radius 3 is 2.93 bits per heavy atom. The van der Waals surface area contributed by atoms with Crippen LogP contribution in [0.3, 0.4) is 0 Å². The first kappa shape index (κ1) is 19.2. The van der Waals surface area contributed by atoms with Gasteiger partial charge in [0.15, 0.2) is 0 Å². The van der Waals surface area contributed by atoms with Crippen LogP contribution in [0.2, 0.25) is 0 Å². The van der Waals surface area contributed by atoms with Gasteiger partial charge in [0.2, 0.25) is 11.8 Å². The van der Waals surface area contributed by atoms with Crippen LogP contribution >= 0.6 is 0 Å². The van der Waals surface area contributed by atoms with E-state index in [-0.39, 0.29) is 24.2 Å². The van der Waals surface area contributed by atoms with Gasteiger partial charge in [-0.2, -0.15) is 0 Å². The quantitative estimate of drug-likeness (QED) is 0.846. The summed E-state index contributed by atoms with van der Waals surface area (Å²) in [6.07, 6.45) is 6.57. The van der Waals surface area contributed by atoms with E-state index in [4.69, 9.17) is 4.74 Å². The number of anilines is 1. The molecule has 1 aromatic carbocycles. The number of rotatable bonds is 5. The molecule has 3 atom stereocenters. The van der Waals surface area contributed by atoms with Gasteiger partial charge in [-0.3, -0.25) is 9.59 Å². The lowest BCUT2D eigenvalue weighted by Gasteiger charge is -2.44. The van der Waals surface area contributed by atoms with Crippen molar-refractivity contribution in [3.8, 4) is 5.75 Å². The maximum absolute atomic E-state index is 12.8. The third kappa shape index (κ3) is 4.02. The molecular weight excluding hydrogens is 354 g/mol. The summed E-state index contributed by atoms with van der Waals surface area (Å²) >= 11 is 0. The van der Waals surface area contributed by atoms with Crippen molar-refractivity contribution in [2.24, 2.45) is 11.8 Å². The van der Waals surface area contributed by atoms with E-state index in [2.05, 4.69) is 10.2 Å². The van der Waals surface area contributed by atoms with Crippen molar-refractivity contribution in [2.75, 3.05) is 38.2 Å². The summed E-state index contributed by atoms with van der Waals surface area (Å²) in [6, 6.07) is 8.08. The highest BCUT2D eigenvalue weighted by Crippen LogP contribution is 2.31. The van der Waals surface area contributed by atoms with E-state index in [1.54, 1.807) is 12.0 Å². The Bertz CT molecular complexity index is 721. The normalized spacial score (nSPS) is 28.1. The number of hydrogen-bond acceptors (Lipinski definition) is 4. The lowest BCUT2D eigenvalue weighted by atomic mass is 9.83. The molecule has 0 bridgehead atoms. The molecule has 0 aromatic heterocycles. The number of benzene rings is 1. The number of fused-ring (bicyclic) bond motifs is 1. The number of carbonyl (C=O) groups excluding carboxylic acids is 2. The SMILES string of the molecule is COc1cccc(N2C[C@H](C(=O)NC[C@H]3CCCN4CCCC[C@@H]34)CC2=O)c1. The van der Waals surface area contributed by atoms with Gasteiger partial charge in [0, 0.05) is 37.3 Å². The van der Waals surface area contributed by atoms with Crippen molar-refractivity contribution in [3.63, 3.8) is 0 Å². The highest BCUT2D eigenvalue weighted by Gasteiger charge is 2.37. The van der Waals surface area contributed by atoms with Crippen LogP contribution in [0.4, 0.5) is 5.69 Å². The van der Waals surface area contributed by atoms with Gasteiger partial charge in [0.05, 0.1) is 13.0 Å². The Hall–Kier alpha value is -2.08. The maximum Gasteiger partial charge on any atom is 0.227 e. The number of nitrogens with one attached hydrogen (secondary N) is 1. The first-order valence-corrected chi connectivity index (χ1v) is 10.6. The Balaban J connectivity index is 1.33. The Morgan fingerprint density at radius 1 is 1.21 bits per heavy atom. The molecule has 3 fully saturated rings. The molecule has 0 aliphatic carbocycles. The van der Waals surface area contributed by atoms with Crippen molar-refractivity contribution in [1.29, 1.82) is 0 Å². The Labute approximate surface area is 167 Å². The molecule has 3 saturated heterocycles. The van der Waals surface area contributed by atoms with Gasteiger partial charge in [0.25, 0.3) is 0 Å². The van der Waals surface area contributed by atoms with Gasteiger partial charge in [-0.15, -0.1) is 0 Å². The molecule has 3 aliphatic rings. The monoisotopic (exact) mass is 385 g/mol. The topological polar surface area (TPSA) is 61.9 Å². The fourth-order valence-electron chi connectivity index (χ4n) is 5.10. The zero-order valence-corrected chi connectivity index (χ0v) is 16.7. The lowest BCUT2D eigenvalue weighted by Crippen LogP contribution is -2.51. The molecule has 3 heterocycles. The summed E-state index contributed by atoms with van der Waals surface area (Å²) < 4.78 is 5.25. The average molecular weight is 386 g/mol. The summed E-state index contributed by atoms with van der Waals surface area (Å²) in [5, 5.41) is 3.17. The van der Waals surface area contributed by atoms with Crippen molar-refractivity contribution >= 4 is 17.5 Å². The second-order valence-electron chi connectivity index (χ2n) is 8.35. The molecule has 0 radical (unpaired) electrons. The summed E-state index contributed by atoms with van der Waals surface area (Å²) in [5.41, 5.74) is 0.796. The molecule has 3 aliphatic heterocycles. The van der Waals surface area contributed by atoms with Gasteiger partial charge in [-0.1, -0.05) is 12.5 Å². The first-order valence-electron chi connectivity index (χ1n) is 10.6. The van der Waals surface area contributed by atoms with Gasteiger partial charge in [-0.05, 0) is 56.8 Å². The van der Waals surface area contributed by atoms with Crippen LogP contribution in [0.25, 0.3) is 0 Å². The number of piperidine rings is 2. The van der Waals surface area contributed by atoms with Crippen molar-refractivity contribution < 1.29 is 14.3 Å². The third-order valence-corrected chi connectivity index (χ3v) is 6.63. The van der Waals surface area contributed by atoms with Crippen LogP contribution in [0.1, 0.15) is 38.5 Å². The van der Waals surface area contributed by atoms with E-state index in [1.165, 1.54) is 45.2 Å². The summed E-state index contributed by atoms with van der Waals surface area (Å²) in [7, 11) is 1.61. The lowest BCUT2D eigenvalue weighted by molar-refractivity contribution is -0.126. The zero-order valence-electron chi connectivity index (χ0n) is 16.7. The number of methoxy groups -OCH3 is 1. The number of ether oxygens (including phenoxy) is 1. The average Bonchev–Trinajstić information content (AvgIpc) is 3.13. The molecule has 1 aromatic rings. The highest BCUT2D eigenvalue weighted by molar-refractivity contribution is 6.00. The third-order valence-electron chi connectivity index (χ3n) is 6.63. The molecule has 6 nitrogen and oxygen atoms in total. The van der Waals surface area contributed by atoms with Gasteiger partial charge >= 0.3 is 0 Å². The molecule has 6 heteroatoms. The zero-order chi connectivity index (χ0) is 19.5. The second-order valence-corrected chi connectivity index (χ2v) is 8.35. The molecule has 152 valence electrons. The van der Waals surface area contributed by atoms with E-state index in [9.17, 15) is 9.59 Å². The van der Waals surface area contributed by atoms with Gasteiger partial charge in [0.1, 0.15) is 5.75 Å². The maximum atomic E-state index is 12.8. The minimum atomic E-state index is -0.273.